The molecule has 0 rings (SSSR count). The summed E-state index contributed by atoms with van der Waals surface area (Å²) in [4.78, 5) is 10.6. The second kappa shape index (κ2) is 4.99. The first kappa shape index (κ1) is 9.17. The van der Waals surface area contributed by atoms with Gasteiger partial charge in [0, 0.05) is 12.5 Å². The summed E-state index contributed by atoms with van der Waals surface area (Å²) in [5.41, 5.74) is 0. The van der Waals surface area contributed by atoms with Crippen molar-refractivity contribution in [3.8, 4) is 0 Å². The van der Waals surface area contributed by atoms with Gasteiger partial charge in [0.1, 0.15) is 0 Å². The van der Waals surface area contributed by atoms with E-state index in [1.807, 2.05) is 0 Å². The maximum absolute atomic E-state index is 10.6. The van der Waals surface area contributed by atoms with Crippen LogP contribution in [-0.4, -0.2) is 24.8 Å². The largest absolute Gasteiger partial charge is 0.469 e. The molecule has 0 aliphatic heterocycles. The number of carbonyl (C=O) groups excluding carboxylic acids is 1. The van der Waals surface area contributed by atoms with Crippen molar-refractivity contribution in [1.29, 1.82) is 0 Å². The van der Waals surface area contributed by atoms with Crippen molar-refractivity contribution in [2.24, 2.45) is 5.92 Å². The Labute approximate surface area is 60.3 Å². The van der Waals surface area contributed by atoms with Crippen LogP contribution in [0.15, 0.2) is 12.7 Å². The number of aliphatic hydroxyl groups excluding tert-OH is 1. The molecule has 0 amide bonds. The minimum absolute atomic E-state index is 0.0569. The van der Waals surface area contributed by atoms with Crippen LogP contribution in [0.25, 0.3) is 0 Å². The first-order valence-corrected chi connectivity index (χ1v) is 3.04. The number of carbonyl (C=O) groups is 1. The molecular formula is C7H12O3. The normalized spacial score (nSPS) is 12.2. The SMILES string of the molecule is C=CC(CO)CC(=O)OC. The van der Waals surface area contributed by atoms with Gasteiger partial charge in [-0.3, -0.25) is 4.79 Å². The van der Waals surface area contributed by atoms with Gasteiger partial charge in [-0.2, -0.15) is 0 Å². The Bertz CT molecular complexity index is 120. The Hall–Kier alpha value is -0.830. The van der Waals surface area contributed by atoms with Crippen molar-refractivity contribution in [3.63, 3.8) is 0 Å². The fourth-order valence-corrected chi connectivity index (χ4v) is 0.520. The highest BCUT2D eigenvalue weighted by Crippen LogP contribution is 2.03. The van der Waals surface area contributed by atoms with Crippen molar-refractivity contribution in [1.82, 2.24) is 0 Å². The van der Waals surface area contributed by atoms with Crippen LogP contribution in [0.2, 0.25) is 0 Å². The minimum Gasteiger partial charge on any atom is -0.469 e. The van der Waals surface area contributed by atoms with E-state index >= 15 is 0 Å². The van der Waals surface area contributed by atoms with Gasteiger partial charge in [0.05, 0.1) is 13.5 Å². The fraction of sp³-hybridized carbons (Fsp3) is 0.571. The molecule has 0 fully saturated rings. The van der Waals surface area contributed by atoms with Crippen LogP contribution >= 0.6 is 0 Å². The molecule has 0 saturated heterocycles. The van der Waals surface area contributed by atoms with Gasteiger partial charge in [0.2, 0.25) is 0 Å². The van der Waals surface area contributed by atoms with Gasteiger partial charge < -0.3 is 9.84 Å². The van der Waals surface area contributed by atoms with Crippen molar-refractivity contribution < 1.29 is 14.6 Å². The van der Waals surface area contributed by atoms with Gasteiger partial charge in [-0.05, 0) is 0 Å². The van der Waals surface area contributed by atoms with Crippen molar-refractivity contribution in [3.05, 3.63) is 12.7 Å². The monoisotopic (exact) mass is 144 g/mol. The lowest BCUT2D eigenvalue weighted by molar-refractivity contribution is -0.141. The standard InChI is InChI=1S/C7H12O3/c1-3-6(5-8)4-7(9)10-2/h3,6,8H,1,4-5H2,2H3. The average Bonchev–Trinajstić information content (AvgIpc) is 1.99. The third kappa shape index (κ3) is 3.25. The molecule has 1 N–H and O–H groups in total. The number of hydrogen-bond donors (Lipinski definition) is 1. The fourth-order valence-electron chi connectivity index (χ4n) is 0.520. The lowest BCUT2D eigenvalue weighted by Crippen LogP contribution is -2.10. The molecule has 3 nitrogen and oxygen atoms in total. The molecule has 0 bridgehead atoms. The summed E-state index contributed by atoms with van der Waals surface area (Å²) in [6.45, 7) is 3.39. The first-order valence-electron chi connectivity index (χ1n) is 3.04. The molecule has 0 aromatic heterocycles. The number of aliphatic hydroxyl groups is 1. The predicted octanol–water partition coefficient (Wildman–Crippen LogP) is 0.344. The zero-order valence-electron chi connectivity index (χ0n) is 6.04. The van der Waals surface area contributed by atoms with Crippen LogP contribution in [0, 0.1) is 5.92 Å². The molecule has 3 heteroatoms. The molecule has 0 aliphatic carbocycles. The summed E-state index contributed by atoms with van der Waals surface area (Å²) >= 11 is 0. The number of methoxy groups -OCH3 is 1. The van der Waals surface area contributed by atoms with E-state index in [0.717, 1.165) is 0 Å². The highest BCUT2D eigenvalue weighted by Gasteiger charge is 2.08. The Morgan fingerprint density at radius 2 is 2.50 bits per heavy atom. The Balaban J connectivity index is 3.62. The van der Waals surface area contributed by atoms with E-state index in [0.29, 0.717) is 0 Å². The second-order valence-corrected chi connectivity index (χ2v) is 1.96. The molecule has 0 heterocycles. The van der Waals surface area contributed by atoms with E-state index in [9.17, 15) is 4.79 Å². The molecule has 10 heavy (non-hydrogen) atoms. The molecule has 1 unspecified atom stereocenters. The molecule has 0 radical (unpaired) electrons. The maximum atomic E-state index is 10.6. The summed E-state index contributed by atoms with van der Waals surface area (Å²) in [7, 11) is 1.32. The molecule has 0 aliphatic rings. The summed E-state index contributed by atoms with van der Waals surface area (Å²) in [5, 5.41) is 8.59. The quantitative estimate of drug-likeness (QED) is 0.457. The summed E-state index contributed by atoms with van der Waals surface area (Å²) < 4.78 is 4.39. The summed E-state index contributed by atoms with van der Waals surface area (Å²) in [6.07, 6.45) is 1.74. The van der Waals surface area contributed by atoms with Crippen molar-refractivity contribution in [2.75, 3.05) is 13.7 Å². The molecule has 0 spiro atoms. The molecule has 58 valence electrons. The van der Waals surface area contributed by atoms with Crippen LogP contribution in [-0.2, 0) is 9.53 Å². The Morgan fingerprint density at radius 3 is 2.80 bits per heavy atom. The van der Waals surface area contributed by atoms with Gasteiger partial charge in [-0.25, -0.2) is 0 Å². The number of ether oxygens (including phenoxy) is 1. The average molecular weight is 144 g/mol. The number of hydrogen-bond acceptors (Lipinski definition) is 3. The van der Waals surface area contributed by atoms with E-state index in [1.165, 1.54) is 13.2 Å². The van der Waals surface area contributed by atoms with Crippen LogP contribution in [0.3, 0.4) is 0 Å². The number of esters is 1. The zero-order valence-corrected chi connectivity index (χ0v) is 6.04. The predicted molar refractivity (Wildman–Crippen MR) is 37.4 cm³/mol. The molecule has 1 atom stereocenters. The minimum atomic E-state index is -0.320. The van der Waals surface area contributed by atoms with Crippen LogP contribution in [0.4, 0.5) is 0 Å². The Morgan fingerprint density at radius 1 is 1.90 bits per heavy atom. The third-order valence-electron chi connectivity index (χ3n) is 1.22. The number of rotatable bonds is 4. The van der Waals surface area contributed by atoms with Gasteiger partial charge in [0.25, 0.3) is 0 Å². The van der Waals surface area contributed by atoms with E-state index in [2.05, 4.69) is 11.3 Å². The highest BCUT2D eigenvalue weighted by molar-refractivity contribution is 5.69. The van der Waals surface area contributed by atoms with E-state index < -0.39 is 0 Å². The second-order valence-electron chi connectivity index (χ2n) is 1.96. The van der Waals surface area contributed by atoms with Gasteiger partial charge in [0.15, 0.2) is 0 Å². The van der Waals surface area contributed by atoms with E-state index in [-0.39, 0.29) is 24.9 Å². The maximum Gasteiger partial charge on any atom is 0.306 e. The lowest BCUT2D eigenvalue weighted by atomic mass is 10.1. The van der Waals surface area contributed by atoms with Crippen molar-refractivity contribution >= 4 is 5.97 Å². The summed E-state index contributed by atoms with van der Waals surface area (Å²) in [6, 6.07) is 0. The summed E-state index contributed by atoms with van der Waals surface area (Å²) in [5.74, 6) is -0.494. The topological polar surface area (TPSA) is 46.5 Å². The van der Waals surface area contributed by atoms with Gasteiger partial charge >= 0.3 is 5.97 Å². The molecular weight excluding hydrogens is 132 g/mol. The van der Waals surface area contributed by atoms with E-state index in [1.54, 1.807) is 0 Å². The zero-order chi connectivity index (χ0) is 7.98. The van der Waals surface area contributed by atoms with Crippen LogP contribution in [0.1, 0.15) is 6.42 Å². The smallest absolute Gasteiger partial charge is 0.306 e. The van der Waals surface area contributed by atoms with Crippen LogP contribution in [0.5, 0.6) is 0 Å². The van der Waals surface area contributed by atoms with Crippen molar-refractivity contribution in [2.45, 2.75) is 6.42 Å². The Kier molecular flexibility index (Phi) is 4.58. The molecule has 0 aromatic rings. The third-order valence-corrected chi connectivity index (χ3v) is 1.22. The first-order chi connectivity index (χ1) is 4.74. The van der Waals surface area contributed by atoms with Gasteiger partial charge in [-0.15, -0.1) is 6.58 Å². The van der Waals surface area contributed by atoms with E-state index in [4.69, 9.17) is 5.11 Å². The van der Waals surface area contributed by atoms with Gasteiger partial charge in [-0.1, -0.05) is 6.08 Å². The van der Waals surface area contributed by atoms with Crippen LogP contribution < -0.4 is 0 Å². The highest BCUT2D eigenvalue weighted by atomic mass is 16.5. The lowest BCUT2D eigenvalue weighted by Gasteiger charge is -2.05. The molecule has 0 saturated carbocycles. The molecule has 0 aromatic carbocycles.